The van der Waals surface area contributed by atoms with Crippen molar-refractivity contribution in [2.24, 2.45) is 11.0 Å². The summed E-state index contributed by atoms with van der Waals surface area (Å²) in [6.45, 7) is 0. The van der Waals surface area contributed by atoms with Crippen molar-refractivity contribution in [3.8, 4) is 0 Å². The first kappa shape index (κ1) is 16.3. The van der Waals surface area contributed by atoms with Crippen molar-refractivity contribution in [2.45, 2.75) is 42.5 Å². The predicted octanol–water partition coefficient (Wildman–Crippen LogP) is 2.49. The molecule has 3 rings (SSSR count). The molecule has 2 unspecified atom stereocenters. The second-order valence-electron chi connectivity index (χ2n) is 5.67. The van der Waals surface area contributed by atoms with Gasteiger partial charge in [0.25, 0.3) is 15.7 Å². The Morgan fingerprint density at radius 3 is 2.48 bits per heavy atom. The largest absolute Gasteiger partial charge is 0.439 e. The summed E-state index contributed by atoms with van der Waals surface area (Å²) in [7, 11) is -4.61. The van der Waals surface area contributed by atoms with Crippen LogP contribution < -0.4 is 0 Å². The number of nitrogens with zero attached hydrogens (tertiary/aromatic N) is 2. The summed E-state index contributed by atoms with van der Waals surface area (Å²) < 4.78 is 65.8. The van der Waals surface area contributed by atoms with Crippen LogP contribution in [0, 0.1) is 5.92 Å². The van der Waals surface area contributed by atoms with Gasteiger partial charge in [-0.2, -0.15) is 26.7 Å². The third-order valence-electron chi connectivity index (χ3n) is 4.26. The summed E-state index contributed by atoms with van der Waals surface area (Å²) in [5, 5.41) is 14.1. The van der Waals surface area contributed by atoms with E-state index in [4.69, 9.17) is 0 Å². The molecule has 1 aliphatic heterocycles. The summed E-state index contributed by atoms with van der Waals surface area (Å²) in [4.78, 5) is -0.342. The van der Waals surface area contributed by atoms with Gasteiger partial charge in [0.2, 0.25) is 0 Å². The topological polar surface area (TPSA) is 70.0 Å². The van der Waals surface area contributed by atoms with E-state index in [-0.39, 0.29) is 27.9 Å². The van der Waals surface area contributed by atoms with Crippen LogP contribution in [0.25, 0.3) is 0 Å². The highest BCUT2D eigenvalue weighted by Gasteiger charge is 2.69. The molecular weight excluding hydrogens is 333 g/mol. The fraction of sp³-hybridized carbons (Fsp3) is 0.500. The van der Waals surface area contributed by atoms with Gasteiger partial charge in [-0.1, -0.05) is 24.6 Å². The lowest BCUT2D eigenvalue weighted by molar-refractivity contribution is -0.306. The van der Waals surface area contributed by atoms with Crippen molar-refractivity contribution < 1.29 is 26.7 Å². The fourth-order valence-corrected chi connectivity index (χ4v) is 4.62. The van der Waals surface area contributed by atoms with Gasteiger partial charge in [0, 0.05) is 5.71 Å². The quantitative estimate of drug-likeness (QED) is 0.893. The van der Waals surface area contributed by atoms with Gasteiger partial charge in [-0.25, -0.2) is 0 Å². The van der Waals surface area contributed by atoms with E-state index >= 15 is 0 Å². The van der Waals surface area contributed by atoms with Crippen LogP contribution in [0.3, 0.4) is 0 Å². The van der Waals surface area contributed by atoms with Gasteiger partial charge in [0.05, 0.1) is 10.8 Å². The number of alkyl halides is 3. The van der Waals surface area contributed by atoms with Gasteiger partial charge in [0.1, 0.15) is 0 Å². The number of hydrogen-bond acceptors (Lipinski definition) is 4. The van der Waals surface area contributed by atoms with E-state index in [9.17, 15) is 26.7 Å². The number of rotatable bonds is 2. The summed E-state index contributed by atoms with van der Waals surface area (Å²) in [5.41, 5.74) is -3.44. The van der Waals surface area contributed by atoms with Crippen LogP contribution in [-0.4, -0.2) is 35.6 Å². The Morgan fingerprint density at radius 2 is 1.87 bits per heavy atom. The average molecular weight is 348 g/mol. The average Bonchev–Trinajstić information content (AvgIpc) is 2.84. The van der Waals surface area contributed by atoms with E-state index in [1.54, 1.807) is 6.07 Å². The van der Waals surface area contributed by atoms with Crippen molar-refractivity contribution >= 4 is 15.7 Å². The Morgan fingerprint density at radius 1 is 1.22 bits per heavy atom. The molecule has 0 aromatic heterocycles. The second-order valence-corrected chi connectivity index (χ2v) is 7.44. The molecule has 2 aliphatic rings. The number of fused-ring (bicyclic) bond motifs is 1. The van der Waals surface area contributed by atoms with E-state index in [0.29, 0.717) is 12.8 Å². The Hall–Kier alpha value is -1.61. The maximum absolute atomic E-state index is 13.6. The zero-order valence-corrected chi connectivity index (χ0v) is 12.8. The van der Waals surface area contributed by atoms with Crippen LogP contribution >= 0.6 is 0 Å². The van der Waals surface area contributed by atoms with Gasteiger partial charge >= 0.3 is 6.18 Å². The predicted molar refractivity (Wildman–Crippen MR) is 75.9 cm³/mol. The molecule has 23 heavy (non-hydrogen) atoms. The molecule has 5 nitrogen and oxygen atoms in total. The highest BCUT2D eigenvalue weighted by atomic mass is 32.2. The molecule has 0 bridgehead atoms. The van der Waals surface area contributed by atoms with Crippen LogP contribution in [0.4, 0.5) is 13.2 Å². The van der Waals surface area contributed by atoms with Crippen molar-refractivity contribution in [3.05, 3.63) is 30.3 Å². The SMILES string of the molecule is O=S(=O)(c1ccccc1)N1N=C2CCCCC2C1(O)C(F)(F)F. The lowest BCUT2D eigenvalue weighted by Gasteiger charge is -2.38. The normalized spacial score (nSPS) is 28.4. The van der Waals surface area contributed by atoms with Gasteiger partial charge in [-0.15, -0.1) is 4.41 Å². The molecule has 1 aliphatic carbocycles. The summed E-state index contributed by atoms with van der Waals surface area (Å²) in [5.74, 6) is -1.35. The van der Waals surface area contributed by atoms with Crippen LogP contribution in [0.1, 0.15) is 25.7 Å². The molecule has 1 N–H and O–H groups in total. The molecule has 2 atom stereocenters. The lowest BCUT2D eigenvalue weighted by Crippen LogP contribution is -2.61. The molecule has 0 amide bonds. The molecule has 1 saturated carbocycles. The molecule has 126 valence electrons. The zero-order valence-electron chi connectivity index (χ0n) is 12.0. The van der Waals surface area contributed by atoms with E-state index in [0.717, 1.165) is 0 Å². The van der Waals surface area contributed by atoms with Crippen molar-refractivity contribution in [1.29, 1.82) is 0 Å². The first-order chi connectivity index (χ1) is 10.7. The van der Waals surface area contributed by atoms with E-state index in [1.807, 2.05) is 0 Å². The van der Waals surface area contributed by atoms with E-state index in [1.165, 1.54) is 24.3 Å². The molecule has 1 heterocycles. The smallest absolute Gasteiger partial charge is 0.361 e. The molecule has 0 spiro atoms. The van der Waals surface area contributed by atoms with Crippen molar-refractivity contribution in [1.82, 2.24) is 4.41 Å². The highest BCUT2D eigenvalue weighted by molar-refractivity contribution is 7.89. The molecule has 1 aromatic carbocycles. The summed E-state index contributed by atoms with van der Waals surface area (Å²) >= 11 is 0. The van der Waals surface area contributed by atoms with Gasteiger partial charge < -0.3 is 5.11 Å². The number of halogens is 3. The number of hydrogen-bond donors (Lipinski definition) is 1. The zero-order chi connectivity index (χ0) is 16.9. The second kappa shape index (κ2) is 5.20. The van der Waals surface area contributed by atoms with E-state index in [2.05, 4.69) is 5.10 Å². The summed E-state index contributed by atoms with van der Waals surface area (Å²) in [6, 6.07) is 6.69. The Balaban J connectivity index is 2.14. The lowest BCUT2D eigenvalue weighted by atomic mass is 9.81. The first-order valence-electron chi connectivity index (χ1n) is 7.16. The van der Waals surface area contributed by atoms with E-state index < -0.39 is 27.8 Å². The Labute approximate surface area is 131 Å². The van der Waals surface area contributed by atoms with Crippen molar-refractivity contribution in [3.63, 3.8) is 0 Å². The minimum atomic E-state index is -5.15. The van der Waals surface area contributed by atoms with Crippen LogP contribution in [0.5, 0.6) is 0 Å². The third-order valence-corrected chi connectivity index (χ3v) is 5.94. The monoisotopic (exact) mass is 348 g/mol. The van der Waals surface area contributed by atoms with Gasteiger partial charge in [-0.05, 0) is 31.4 Å². The van der Waals surface area contributed by atoms with Crippen LogP contribution in [0.15, 0.2) is 40.3 Å². The Kier molecular flexibility index (Phi) is 3.68. The molecule has 1 fully saturated rings. The number of benzene rings is 1. The van der Waals surface area contributed by atoms with Crippen LogP contribution in [0.2, 0.25) is 0 Å². The molecular formula is C14H15F3N2O3S. The standard InChI is InChI=1S/C14H15F3N2O3S/c15-14(16,17)13(20)11-8-4-5-9-12(11)18-19(13)23(21,22)10-6-2-1-3-7-10/h1-3,6-7,11,20H,4-5,8-9H2. The number of hydrazone groups is 1. The Bertz CT molecular complexity index is 733. The molecule has 9 heteroatoms. The molecule has 0 saturated heterocycles. The van der Waals surface area contributed by atoms with Crippen molar-refractivity contribution in [2.75, 3.05) is 0 Å². The van der Waals surface area contributed by atoms with Crippen LogP contribution in [-0.2, 0) is 10.0 Å². The minimum Gasteiger partial charge on any atom is -0.361 e. The molecule has 1 aromatic rings. The first-order valence-corrected chi connectivity index (χ1v) is 8.60. The number of sulfonamides is 1. The maximum atomic E-state index is 13.6. The fourth-order valence-electron chi connectivity index (χ4n) is 3.11. The van der Waals surface area contributed by atoms with Gasteiger partial charge in [0.15, 0.2) is 0 Å². The van der Waals surface area contributed by atoms with Gasteiger partial charge in [-0.3, -0.25) is 0 Å². The maximum Gasteiger partial charge on any atom is 0.439 e. The summed E-state index contributed by atoms with van der Waals surface area (Å²) in [6.07, 6.45) is -3.73. The minimum absolute atomic E-state index is 0.0512. The number of aliphatic hydroxyl groups is 1. The third kappa shape index (κ3) is 2.33. The molecule has 0 radical (unpaired) electrons. The highest BCUT2D eigenvalue weighted by Crippen LogP contribution is 2.49.